The van der Waals surface area contributed by atoms with Crippen molar-refractivity contribution in [3.8, 4) is 0 Å². The van der Waals surface area contributed by atoms with Gasteiger partial charge in [-0.15, -0.1) is 0 Å². The van der Waals surface area contributed by atoms with Crippen LogP contribution < -0.4 is 11.1 Å². The predicted molar refractivity (Wildman–Crippen MR) is 55.3 cm³/mol. The fraction of sp³-hybridized carbons (Fsp3) is 0. The maximum Gasteiger partial charge on any atom is 0.256 e. The average molecular weight is 203 g/mol. The highest BCUT2D eigenvalue weighted by atomic mass is 16.5. The van der Waals surface area contributed by atoms with Gasteiger partial charge >= 0.3 is 0 Å². The summed E-state index contributed by atoms with van der Waals surface area (Å²) in [4.78, 5) is 11.6. The van der Waals surface area contributed by atoms with E-state index in [0.717, 1.165) is 0 Å². The number of nitrogen functional groups attached to an aromatic ring is 1. The van der Waals surface area contributed by atoms with E-state index in [2.05, 4.69) is 15.0 Å². The molecule has 0 saturated heterocycles. The molecule has 2 aromatic rings. The van der Waals surface area contributed by atoms with Crippen LogP contribution in [0.3, 0.4) is 0 Å². The largest absolute Gasteiger partial charge is 0.399 e. The molecule has 0 aliphatic heterocycles. The number of carbonyl (C=O) groups excluding carboxylic acids is 1. The maximum atomic E-state index is 11.6. The smallest absolute Gasteiger partial charge is 0.256 e. The highest BCUT2D eigenvalue weighted by Crippen LogP contribution is 2.09. The molecular formula is C10H9N3O2. The first-order valence-electron chi connectivity index (χ1n) is 4.33. The molecule has 0 bridgehead atoms. The zero-order chi connectivity index (χ0) is 10.7. The molecule has 5 heteroatoms. The van der Waals surface area contributed by atoms with E-state index in [9.17, 15) is 4.79 Å². The molecule has 0 atom stereocenters. The molecule has 0 saturated carbocycles. The third-order valence-electron chi connectivity index (χ3n) is 1.83. The van der Waals surface area contributed by atoms with Crippen LogP contribution in [0.2, 0.25) is 0 Å². The molecule has 1 amide bonds. The van der Waals surface area contributed by atoms with E-state index in [1.807, 2.05) is 0 Å². The minimum atomic E-state index is -0.267. The number of amides is 1. The Morgan fingerprint density at radius 2 is 2.27 bits per heavy atom. The zero-order valence-corrected chi connectivity index (χ0v) is 7.81. The summed E-state index contributed by atoms with van der Waals surface area (Å²) in [5, 5.41) is 6.13. The maximum absolute atomic E-state index is 11.6. The van der Waals surface area contributed by atoms with Crippen LogP contribution in [0.25, 0.3) is 0 Å². The van der Waals surface area contributed by atoms with Crippen LogP contribution in [0.4, 0.5) is 11.5 Å². The Bertz CT molecular complexity index is 465. The second kappa shape index (κ2) is 3.83. The van der Waals surface area contributed by atoms with E-state index in [1.165, 1.54) is 6.26 Å². The molecule has 0 unspecified atom stereocenters. The van der Waals surface area contributed by atoms with E-state index in [0.29, 0.717) is 17.1 Å². The third-order valence-corrected chi connectivity index (χ3v) is 1.83. The molecule has 76 valence electrons. The van der Waals surface area contributed by atoms with Gasteiger partial charge in [0, 0.05) is 17.3 Å². The molecule has 0 spiro atoms. The van der Waals surface area contributed by atoms with Gasteiger partial charge in [-0.3, -0.25) is 4.79 Å². The van der Waals surface area contributed by atoms with Crippen LogP contribution in [0.15, 0.2) is 41.1 Å². The molecule has 15 heavy (non-hydrogen) atoms. The Morgan fingerprint density at radius 3 is 2.93 bits per heavy atom. The van der Waals surface area contributed by atoms with Crippen molar-refractivity contribution in [1.82, 2.24) is 5.16 Å². The normalized spacial score (nSPS) is 9.87. The summed E-state index contributed by atoms with van der Waals surface area (Å²) in [5.41, 5.74) is 6.58. The Hall–Kier alpha value is -2.30. The summed E-state index contributed by atoms with van der Waals surface area (Å²) in [6.45, 7) is 0. The molecule has 1 heterocycles. The Balaban J connectivity index is 2.15. The van der Waals surface area contributed by atoms with Gasteiger partial charge in [-0.25, -0.2) is 0 Å². The minimum Gasteiger partial charge on any atom is -0.399 e. The van der Waals surface area contributed by atoms with Crippen LogP contribution in [0, 0.1) is 0 Å². The molecule has 1 aromatic carbocycles. The van der Waals surface area contributed by atoms with Gasteiger partial charge in [-0.2, -0.15) is 0 Å². The van der Waals surface area contributed by atoms with Crippen molar-refractivity contribution in [3.63, 3.8) is 0 Å². The van der Waals surface area contributed by atoms with Crippen LogP contribution in [-0.4, -0.2) is 11.1 Å². The lowest BCUT2D eigenvalue weighted by atomic mass is 10.2. The van der Waals surface area contributed by atoms with Gasteiger partial charge in [0.25, 0.3) is 5.91 Å². The number of rotatable bonds is 2. The Kier molecular flexibility index (Phi) is 2.37. The number of nitrogens with zero attached hydrogens (tertiary/aromatic N) is 1. The van der Waals surface area contributed by atoms with Crippen LogP contribution in [0.5, 0.6) is 0 Å². The van der Waals surface area contributed by atoms with Gasteiger partial charge in [0.2, 0.25) is 0 Å². The number of carbonyl (C=O) groups is 1. The lowest BCUT2D eigenvalue weighted by Gasteiger charge is -2.01. The standard InChI is InChI=1S/C10H9N3O2/c11-8-3-1-2-7(6-8)10(14)12-9-4-5-15-13-9/h1-6H,11H2,(H,12,13,14). The monoisotopic (exact) mass is 203 g/mol. The molecule has 2 rings (SSSR count). The third kappa shape index (κ3) is 2.14. The first-order chi connectivity index (χ1) is 7.25. The quantitative estimate of drug-likeness (QED) is 0.725. The van der Waals surface area contributed by atoms with Crippen LogP contribution in [-0.2, 0) is 0 Å². The van der Waals surface area contributed by atoms with Crippen molar-refractivity contribution >= 4 is 17.4 Å². The number of hydrogen-bond acceptors (Lipinski definition) is 4. The first-order valence-corrected chi connectivity index (χ1v) is 4.33. The van der Waals surface area contributed by atoms with Crippen molar-refractivity contribution in [1.29, 1.82) is 0 Å². The topological polar surface area (TPSA) is 81.2 Å². The predicted octanol–water partition coefficient (Wildman–Crippen LogP) is 1.51. The number of aromatic nitrogens is 1. The van der Waals surface area contributed by atoms with Crippen molar-refractivity contribution in [3.05, 3.63) is 42.2 Å². The van der Waals surface area contributed by atoms with Gasteiger partial charge in [0.15, 0.2) is 5.82 Å². The summed E-state index contributed by atoms with van der Waals surface area (Å²) in [6, 6.07) is 8.26. The van der Waals surface area contributed by atoms with E-state index in [-0.39, 0.29) is 5.91 Å². The molecular weight excluding hydrogens is 194 g/mol. The molecule has 3 N–H and O–H groups in total. The highest BCUT2D eigenvalue weighted by Gasteiger charge is 2.07. The van der Waals surface area contributed by atoms with Gasteiger partial charge in [0.05, 0.1) is 0 Å². The fourth-order valence-electron chi connectivity index (χ4n) is 1.15. The SMILES string of the molecule is Nc1cccc(C(=O)Nc2ccon2)c1. The van der Waals surface area contributed by atoms with Gasteiger partial charge in [-0.1, -0.05) is 11.2 Å². The second-order valence-electron chi connectivity index (χ2n) is 2.96. The van der Waals surface area contributed by atoms with E-state index >= 15 is 0 Å². The van der Waals surface area contributed by atoms with Gasteiger partial charge in [-0.05, 0) is 18.2 Å². The van der Waals surface area contributed by atoms with Gasteiger partial charge < -0.3 is 15.6 Å². The number of nitrogens with two attached hydrogens (primary N) is 1. The molecule has 5 nitrogen and oxygen atoms in total. The number of nitrogens with one attached hydrogen (secondary N) is 1. The second-order valence-corrected chi connectivity index (χ2v) is 2.96. The lowest BCUT2D eigenvalue weighted by Crippen LogP contribution is -2.12. The summed E-state index contributed by atoms with van der Waals surface area (Å²) >= 11 is 0. The van der Waals surface area contributed by atoms with Crippen molar-refractivity contribution < 1.29 is 9.32 Å². The zero-order valence-electron chi connectivity index (χ0n) is 7.81. The Labute approximate surface area is 85.9 Å². The van der Waals surface area contributed by atoms with E-state index in [1.54, 1.807) is 30.3 Å². The van der Waals surface area contributed by atoms with E-state index in [4.69, 9.17) is 5.73 Å². The summed E-state index contributed by atoms with van der Waals surface area (Å²) in [6.07, 6.45) is 1.38. The first kappa shape index (κ1) is 9.26. The lowest BCUT2D eigenvalue weighted by molar-refractivity contribution is 0.102. The van der Waals surface area contributed by atoms with Crippen LogP contribution in [0.1, 0.15) is 10.4 Å². The highest BCUT2D eigenvalue weighted by molar-refractivity contribution is 6.04. The van der Waals surface area contributed by atoms with Crippen LogP contribution >= 0.6 is 0 Å². The van der Waals surface area contributed by atoms with Crippen molar-refractivity contribution in [2.24, 2.45) is 0 Å². The minimum absolute atomic E-state index is 0.267. The summed E-state index contributed by atoms with van der Waals surface area (Å²) in [7, 11) is 0. The molecule has 0 aliphatic carbocycles. The summed E-state index contributed by atoms with van der Waals surface area (Å²) in [5.74, 6) is 0.110. The fourth-order valence-corrected chi connectivity index (χ4v) is 1.15. The van der Waals surface area contributed by atoms with Gasteiger partial charge in [0.1, 0.15) is 6.26 Å². The van der Waals surface area contributed by atoms with Crippen molar-refractivity contribution in [2.45, 2.75) is 0 Å². The molecule has 0 aliphatic rings. The molecule has 0 radical (unpaired) electrons. The molecule has 1 aromatic heterocycles. The van der Waals surface area contributed by atoms with Crippen molar-refractivity contribution in [2.75, 3.05) is 11.1 Å². The number of hydrogen-bond donors (Lipinski definition) is 2. The Morgan fingerprint density at radius 1 is 1.40 bits per heavy atom. The number of benzene rings is 1. The summed E-state index contributed by atoms with van der Waals surface area (Å²) < 4.78 is 4.59. The van der Waals surface area contributed by atoms with E-state index < -0.39 is 0 Å². The average Bonchev–Trinajstić information content (AvgIpc) is 2.70. The molecule has 0 fully saturated rings. The number of anilines is 2.